The van der Waals surface area contributed by atoms with Gasteiger partial charge in [0.05, 0.1) is 12.1 Å². The molecule has 19 heavy (non-hydrogen) atoms. The van der Waals surface area contributed by atoms with Crippen LogP contribution in [0.25, 0.3) is 0 Å². The van der Waals surface area contributed by atoms with Crippen LogP contribution in [0.1, 0.15) is 46.5 Å². The summed E-state index contributed by atoms with van der Waals surface area (Å²) in [6, 6.07) is 0.141. The third-order valence-electron chi connectivity index (χ3n) is 4.94. The molecule has 0 aromatic rings. The minimum absolute atomic E-state index is 0.0504. The van der Waals surface area contributed by atoms with Crippen LogP contribution in [-0.2, 0) is 9.47 Å². The number of unbranched alkanes of at least 4 members (excludes halogenated alkanes) is 1. The SMILES string of the molecule is CCCCC1CCN2CC3OC(C)(C)OC3C2[C@H]1O. The van der Waals surface area contributed by atoms with Crippen molar-refractivity contribution in [2.24, 2.45) is 5.92 Å². The number of nitrogens with zero attached hydrogens (tertiary/aromatic N) is 1. The van der Waals surface area contributed by atoms with E-state index in [9.17, 15) is 5.11 Å². The van der Waals surface area contributed by atoms with Crippen molar-refractivity contribution in [3.05, 3.63) is 0 Å². The smallest absolute Gasteiger partial charge is 0.163 e. The summed E-state index contributed by atoms with van der Waals surface area (Å²) in [5.41, 5.74) is 0. The summed E-state index contributed by atoms with van der Waals surface area (Å²) >= 11 is 0. The first-order chi connectivity index (χ1) is 9.02. The van der Waals surface area contributed by atoms with Crippen molar-refractivity contribution >= 4 is 0 Å². The molecule has 3 heterocycles. The Bertz CT molecular complexity index is 333. The number of hydrogen-bond donors (Lipinski definition) is 1. The minimum Gasteiger partial charge on any atom is -0.391 e. The average Bonchev–Trinajstić information content (AvgIpc) is 2.80. The molecule has 5 atom stereocenters. The lowest BCUT2D eigenvalue weighted by molar-refractivity contribution is -0.173. The number of piperidine rings is 1. The summed E-state index contributed by atoms with van der Waals surface area (Å²) < 4.78 is 12.0. The van der Waals surface area contributed by atoms with Crippen molar-refractivity contribution in [3.63, 3.8) is 0 Å². The third kappa shape index (κ3) is 2.44. The van der Waals surface area contributed by atoms with Crippen molar-refractivity contribution in [2.45, 2.75) is 76.6 Å². The van der Waals surface area contributed by atoms with Gasteiger partial charge in [-0.25, -0.2) is 0 Å². The zero-order chi connectivity index (χ0) is 13.6. The molecule has 0 aromatic heterocycles. The molecule has 3 saturated heterocycles. The Kier molecular flexibility index (Phi) is 3.63. The Morgan fingerprint density at radius 2 is 2.11 bits per heavy atom. The molecule has 1 N–H and O–H groups in total. The predicted molar refractivity (Wildman–Crippen MR) is 72.8 cm³/mol. The lowest BCUT2D eigenvalue weighted by atomic mass is 9.83. The van der Waals surface area contributed by atoms with Crippen molar-refractivity contribution in [1.82, 2.24) is 4.90 Å². The van der Waals surface area contributed by atoms with Crippen molar-refractivity contribution in [2.75, 3.05) is 13.1 Å². The first-order valence-electron chi connectivity index (χ1n) is 7.79. The van der Waals surface area contributed by atoms with Gasteiger partial charge in [-0.15, -0.1) is 0 Å². The molecule has 0 aliphatic carbocycles. The number of ether oxygens (including phenoxy) is 2. The second-order valence-corrected chi connectivity index (χ2v) is 6.81. The number of fused-ring (bicyclic) bond motifs is 3. The van der Waals surface area contributed by atoms with Crippen LogP contribution in [0.5, 0.6) is 0 Å². The zero-order valence-corrected chi connectivity index (χ0v) is 12.3. The Hall–Kier alpha value is -0.160. The largest absolute Gasteiger partial charge is 0.391 e. The number of aliphatic hydroxyl groups is 1. The molecule has 0 amide bonds. The van der Waals surface area contributed by atoms with Gasteiger partial charge in [0, 0.05) is 6.54 Å². The van der Waals surface area contributed by atoms with Gasteiger partial charge >= 0.3 is 0 Å². The van der Waals surface area contributed by atoms with Crippen molar-refractivity contribution in [3.8, 4) is 0 Å². The van der Waals surface area contributed by atoms with Gasteiger partial charge in [-0.3, -0.25) is 4.90 Å². The quantitative estimate of drug-likeness (QED) is 0.848. The predicted octanol–water partition coefficient (Wildman–Crippen LogP) is 1.76. The maximum absolute atomic E-state index is 10.7. The van der Waals surface area contributed by atoms with Crippen LogP contribution in [-0.4, -0.2) is 53.2 Å². The van der Waals surface area contributed by atoms with E-state index in [0.29, 0.717) is 5.92 Å². The second-order valence-electron chi connectivity index (χ2n) is 6.81. The summed E-state index contributed by atoms with van der Waals surface area (Å²) in [7, 11) is 0. The van der Waals surface area contributed by atoms with Gasteiger partial charge in [-0.05, 0) is 39.2 Å². The van der Waals surface area contributed by atoms with Gasteiger partial charge < -0.3 is 14.6 Å². The normalized spacial score (nSPS) is 45.2. The van der Waals surface area contributed by atoms with Gasteiger partial charge in [-0.2, -0.15) is 0 Å². The number of aliphatic hydroxyl groups excluding tert-OH is 1. The van der Waals surface area contributed by atoms with Gasteiger partial charge in [0.1, 0.15) is 12.2 Å². The van der Waals surface area contributed by atoms with Gasteiger partial charge in [-0.1, -0.05) is 19.8 Å². The van der Waals surface area contributed by atoms with Gasteiger partial charge in [0.25, 0.3) is 0 Å². The first-order valence-corrected chi connectivity index (χ1v) is 7.79. The topological polar surface area (TPSA) is 41.9 Å². The molecule has 0 aromatic carbocycles. The highest BCUT2D eigenvalue weighted by molar-refractivity contribution is 5.06. The van der Waals surface area contributed by atoms with Crippen molar-refractivity contribution < 1.29 is 14.6 Å². The summed E-state index contributed by atoms with van der Waals surface area (Å²) in [6.45, 7) is 8.15. The standard InChI is InChI=1S/C15H27NO3/c1-4-5-6-10-7-8-16-9-11-14(12(16)13(10)17)19-15(2,3)18-11/h10-14,17H,4-9H2,1-3H3/t10?,11?,12?,13-,14?/m0/s1. The van der Waals surface area contributed by atoms with E-state index in [-0.39, 0.29) is 24.4 Å². The fourth-order valence-corrected chi connectivity index (χ4v) is 4.07. The van der Waals surface area contributed by atoms with Gasteiger partial charge in [0.2, 0.25) is 0 Å². The molecule has 3 fully saturated rings. The molecule has 3 rings (SSSR count). The molecular formula is C15H27NO3. The highest BCUT2D eigenvalue weighted by Gasteiger charge is 2.56. The third-order valence-corrected chi connectivity index (χ3v) is 4.94. The molecule has 4 heteroatoms. The van der Waals surface area contributed by atoms with Crippen molar-refractivity contribution in [1.29, 1.82) is 0 Å². The summed E-state index contributed by atoms with van der Waals surface area (Å²) in [5.74, 6) is -0.0513. The van der Waals surface area contributed by atoms with E-state index >= 15 is 0 Å². The van der Waals surface area contributed by atoms with E-state index in [4.69, 9.17) is 9.47 Å². The van der Waals surface area contributed by atoms with E-state index in [2.05, 4.69) is 11.8 Å². The second kappa shape index (κ2) is 4.99. The summed E-state index contributed by atoms with van der Waals surface area (Å²) in [4.78, 5) is 2.37. The van der Waals surface area contributed by atoms with E-state index in [0.717, 1.165) is 25.9 Å². The highest BCUT2D eigenvalue weighted by atomic mass is 16.8. The maximum atomic E-state index is 10.7. The Morgan fingerprint density at radius 1 is 1.32 bits per heavy atom. The van der Waals surface area contributed by atoms with E-state index in [1.807, 2.05) is 13.8 Å². The fraction of sp³-hybridized carbons (Fsp3) is 1.00. The van der Waals surface area contributed by atoms with Gasteiger partial charge in [0.15, 0.2) is 5.79 Å². The summed E-state index contributed by atoms with van der Waals surface area (Å²) in [6.07, 6.45) is 4.60. The van der Waals surface area contributed by atoms with Crippen LogP contribution >= 0.6 is 0 Å². The molecule has 0 bridgehead atoms. The molecular weight excluding hydrogens is 242 g/mol. The molecule has 0 saturated carbocycles. The van der Waals surface area contributed by atoms with Crippen LogP contribution < -0.4 is 0 Å². The molecule has 0 radical (unpaired) electrons. The Labute approximate surface area is 116 Å². The Morgan fingerprint density at radius 3 is 2.84 bits per heavy atom. The minimum atomic E-state index is -0.489. The molecule has 3 aliphatic heterocycles. The molecule has 110 valence electrons. The lowest BCUT2D eigenvalue weighted by Gasteiger charge is -2.41. The highest BCUT2D eigenvalue weighted by Crippen LogP contribution is 2.42. The average molecular weight is 269 g/mol. The Balaban J connectivity index is 1.70. The number of rotatable bonds is 3. The van der Waals surface area contributed by atoms with Crippen LogP contribution in [0.15, 0.2) is 0 Å². The zero-order valence-electron chi connectivity index (χ0n) is 12.3. The number of hydrogen-bond acceptors (Lipinski definition) is 4. The maximum Gasteiger partial charge on any atom is 0.163 e. The molecule has 0 spiro atoms. The monoisotopic (exact) mass is 269 g/mol. The molecule has 4 unspecified atom stereocenters. The fourth-order valence-electron chi connectivity index (χ4n) is 4.07. The molecule has 3 aliphatic rings. The van der Waals surface area contributed by atoms with E-state index in [1.54, 1.807) is 0 Å². The lowest BCUT2D eigenvalue weighted by Crippen LogP contribution is -2.53. The summed E-state index contributed by atoms with van der Waals surface area (Å²) in [5, 5.41) is 10.7. The van der Waals surface area contributed by atoms with Crippen LogP contribution in [0, 0.1) is 5.92 Å². The van der Waals surface area contributed by atoms with E-state index in [1.165, 1.54) is 12.8 Å². The van der Waals surface area contributed by atoms with Crippen LogP contribution in [0.4, 0.5) is 0 Å². The molecule has 4 nitrogen and oxygen atoms in total. The van der Waals surface area contributed by atoms with Crippen LogP contribution in [0.3, 0.4) is 0 Å². The van der Waals surface area contributed by atoms with Crippen LogP contribution in [0.2, 0.25) is 0 Å². The first kappa shape index (κ1) is 13.8. The van der Waals surface area contributed by atoms with E-state index < -0.39 is 5.79 Å².